The van der Waals surface area contributed by atoms with E-state index >= 15 is 0 Å². The van der Waals surface area contributed by atoms with Crippen molar-refractivity contribution in [1.29, 1.82) is 0 Å². The highest BCUT2D eigenvalue weighted by Crippen LogP contribution is 2.23. The van der Waals surface area contributed by atoms with E-state index in [-0.39, 0.29) is 0 Å². The van der Waals surface area contributed by atoms with Crippen molar-refractivity contribution >= 4 is 0 Å². The van der Waals surface area contributed by atoms with Crippen LogP contribution in [-0.4, -0.2) is 32.8 Å². The minimum atomic E-state index is 0.558. The first-order valence-corrected chi connectivity index (χ1v) is 7.24. The number of nitrogens with zero attached hydrogens (tertiary/aromatic N) is 4. The van der Waals surface area contributed by atoms with E-state index in [9.17, 15) is 0 Å². The molecule has 108 valence electrons. The number of hydrogen-bond acceptors (Lipinski definition) is 5. The summed E-state index contributed by atoms with van der Waals surface area (Å²) >= 11 is 0. The Labute approximate surface area is 118 Å². The third kappa shape index (κ3) is 2.75. The summed E-state index contributed by atoms with van der Waals surface area (Å²) < 4.78 is 7.27. The highest BCUT2D eigenvalue weighted by atomic mass is 16.5. The summed E-state index contributed by atoms with van der Waals surface area (Å²) in [4.78, 5) is 8.56. The molecule has 1 aliphatic rings. The van der Waals surface area contributed by atoms with Gasteiger partial charge in [-0.15, -0.1) is 0 Å². The number of rotatable bonds is 4. The van der Waals surface area contributed by atoms with Gasteiger partial charge in [0, 0.05) is 13.5 Å². The van der Waals surface area contributed by atoms with E-state index in [1.165, 1.54) is 12.8 Å². The molecule has 0 aromatic carbocycles. The van der Waals surface area contributed by atoms with Crippen LogP contribution in [0.4, 0.5) is 0 Å². The lowest BCUT2D eigenvalue weighted by molar-refractivity contribution is 0.257. The van der Waals surface area contributed by atoms with Gasteiger partial charge in [-0.25, -0.2) is 4.98 Å². The molecule has 0 radical (unpaired) electrons. The molecule has 1 saturated heterocycles. The Morgan fingerprint density at radius 1 is 1.55 bits per heavy atom. The minimum Gasteiger partial charge on any atom is -0.339 e. The highest BCUT2D eigenvalue weighted by Gasteiger charge is 2.22. The van der Waals surface area contributed by atoms with Gasteiger partial charge < -0.3 is 14.4 Å². The van der Waals surface area contributed by atoms with Crippen molar-refractivity contribution in [3.63, 3.8) is 0 Å². The Balaban J connectivity index is 1.66. The van der Waals surface area contributed by atoms with Crippen molar-refractivity contribution in [1.82, 2.24) is 25.0 Å². The van der Waals surface area contributed by atoms with Crippen LogP contribution in [0.15, 0.2) is 17.0 Å². The second-order valence-corrected chi connectivity index (χ2v) is 5.69. The van der Waals surface area contributed by atoms with E-state index < -0.39 is 0 Å². The average Bonchev–Trinajstić information content (AvgIpc) is 3.08. The fraction of sp³-hybridized carbons (Fsp3) is 0.643. The normalized spacial score (nSPS) is 21.0. The standard InChI is InChI=1S/C14H21N5O/c1-10(11-4-3-5-15-7-11)6-13-17-14(18-20-13)12-8-16-9-19(12)2/h8-11,15H,3-7H2,1-2H3. The van der Waals surface area contributed by atoms with E-state index in [4.69, 9.17) is 4.52 Å². The highest BCUT2D eigenvalue weighted by molar-refractivity contribution is 5.46. The summed E-state index contributed by atoms with van der Waals surface area (Å²) in [5.41, 5.74) is 0.881. The molecule has 0 amide bonds. The summed E-state index contributed by atoms with van der Waals surface area (Å²) in [6.45, 7) is 4.52. The van der Waals surface area contributed by atoms with Crippen molar-refractivity contribution in [3.05, 3.63) is 18.4 Å². The summed E-state index contributed by atoms with van der Waals surface area (Å²) in [6, 6.07) is 0. The maximum absolute atomic E-state index is 5.38. The molecule has 6 heteroatoms. The largest absolute Gasteiger partial charge is 0.339 e. The van der Waals surface area contributed by atoms with Crippen LogP contribution in [0.3, 0.4) is 0 Å². The molecular weight excluding hydrogens is 254 g/mol. The number of nitrogens with one attached hydrogen (secondary N) is 1. The van der Waals surface area contributed by atoms with E-state index in [1.807, 2.05) is 11.6 Å². The molecule has 20 heavy (non-hydrogen) atoms. The number of hydrogen-bond donors (Lipinski definition) is 1. The first-order chi connectivity index (χ1) is 9.74. The summed E-state index contributed by atoms with van der Waals surface area (Å²) in [6.07, 6.45) is 6.89. The molecule has 2 atom stereocenters. The fourth-order valence-electron chi connectivity index (χ4n) is 2.82. The molecule has 3 rings (SSSR count). The van der Waals surface area contributed by atoms with Crippen LogP contribution in [0.5, 0.6) is 0 Å². The molecule has 3 heterocycles. The molecule has 2 aromatic rings. The predicted octanol–water partition coefficient (Wildman–Crippen LogP) is 1.65. The van der Waals surface area contributed by atoms with Crippen LogP contribution in [-0.2, 0) is 13.5 Å². The van der Waals surface area contributed by atoms with Crippen LogP contribution in [0.2, 0.25) is 0 Å². The number of imidazole rings is 1. The van der Waals surface area contributed by atoms with Gasteiger partial charge in [-0.3, -0.25) is 0 Å². The maximum atomic E-state index is 5.38. The smallest absolute Gasteiger partial charge is 0.227 e. The summed E-state index contributed by atoms with van der Waals surface area (Å²) in [5, 5.41) is 7.51. The Kier molecular flexibility index (Phi) is 3.82. The lowest BCUT2D eigenvalue weighted by atomic mass is 9.85. The van der Waals surface area contributed by atoms with Crippen LogP contribution in [0, 0.1) is 11.8 Å². The molecule has 2 aromatic heterocycles. The van der Waals surface area contributed by atoms with E-state index in [1.54, 1.807) is 12.5 Å². The number of piperidine rings is 1. The molecule has 0 bridgehead atoms. The molecular formula is C14H21N5O. The van der Waals surface area contributed by atoms with Crippen molar-refractivity contribution in [2.75, 3.05) is 13.1 Å². The molecule has 1 aliphatic heterocycles. The quantitative estimate of drug-likeness (QED) is 0.918. The lowest BCUT2D eigenvalue weighted by Gasteiger charge is -2.27. The lowest BCUT2D eigenvalue weighted by Crippen LogP contribution is -2.33. The molecule has 0 saturated carbocycles. The molecule has 0 spiro atoms. The van der Waals surface area contributed by atoms with Gasteiger partial charge in [0.1, 0.15) is 5.69 Å². The zero-order valence-electron chi connectivity index (χ0n) is 12.0. The fourth-order valence-corrected chi connectivity index (χ4v) is 2.82. The Bertz CT molecular complexity index is 555. The van der Waals surface area contributed by atoms with Crippen molar-refractivity contribution in [3.8, 4) is 11.5 Å². The summed E-state index contributed by atoms with van der Waals surface area (Å²) in [7, 11) is 1.93. The van der Waals surface area contributed by atoms with Gasteiger partial charge in [-0.05, 0) is 37.8 Å². The van der Waals surface area contributed by atoms with Gasteiger partial charge in [-0.1, -0.05) is 12.1 Å². The van der Waals surface area contributed by atoms with Gasteiger partial charge in [0.05, 0.1) is 12.5 Å². The van der Waals surface area contributed by atoms with E-state index in [2.05, 4.69) is 27.4 Å². The van der Waals surface area contributed by atoms with E-state index in [0.717, 1.165) is 31.1 Å². The van der Waals surface area contributed by atoms with Crippen LogP contribution < -0.4 is 5.32 Å². The monoisotopic (exact) mass is 275 g/mol. The number of aromatic nitrogens is 4. The molecule has 0 aliphatic carbocycles. The third-order valence-corrected chi connectivity index (χ3v) is 4.15. The Morgan fingerprint density at radius 3 is 3.15 bits per heavy atom. The first-order valence-electron chi connectivity index (χ1n) is 7.24. The maximum Gasteiger partial charge on any atom is 0.227 e. The van der Waals surface area contributed by atoms with Gasteiger partial charge in [0.25, 0.3) is 0 Å². The zero-order chi connectivity index (χ0) is 13.9. The van der Waals surface area contributed by atoms with Gasteiger partial charge in [-0.2, -0.15) is 4.98 Å². The Hall–Kier alpha value is -1.69. The third-order valence-electron chi connectivity index (χ3n) is 4.15. The molecule has 6 nitrogen and oxygen atoms in total. The van der Waals surface area contributed by atoms with Gasteiger partial charge >= 0.3 is 0 Å². The topological polar surface area (TPSA) is 68.8 Å². The van der Waals surface area contributed by atoms with Crippen LogP contribution >= 0.6 is 0 Å². The number of aryl methyl sites for hydroxylation is 1. The van der Waals surface area contributed by atoms with Crippen LogP contribution in [0.25, 0.3) is 11.5 Å². The average molecular weight is 275 g/mol. The molecule has 1 fully saturated rings. The minimum absolute atomic E-state index is 0.558. The van der Waals surface area contributed by atoms with E-state index in [0.29, 0.717) is 17.7 Å². The van der Waals surface area contributed by atoms with Gasteiger partial charge in [0.2, 0.25) is 11.7 Å². The van der Waals surface area contributed by atoms with Crippen molar-refractivity contribution in [2.24, 2.45) is 18.9 Å². The molecule has 1 N–H and O–H groups in total. The predicted molar refractivity (Wildman–Crippen MR) is 75.0 cm³/mol. The second-order valence-electron chi connectivity index (χ2n) is 5.69. The van der Waals surface area contributed by atoms with Gasteiger partial charge in [0.15, 0.2) is 0 Å². The van der Waals surface area contributed by atoms with Crippen molar-refractivity contribution in [2.45, 2.75) is 26.2 Å². The second kappa shape index (κ2) is 5.75. The van der Waals surface area contributed by atoms with Crippen molar-refractivity contribution < 1.29 is 4.52 Å². The van der Waals surface area contributed by atoms with Crippen LogP contribution in [0.1, 0.15) is 25.7 Å². The first kappa shape index (κ1) is 13.3. The Morgan fingerprint density at radius 2 is 2.45 bits per heavy atom. The molecule has 2 unspecified atom stereocenters. The SMILES string of the molecule is CC(Cc1nc(-c2cncn2C)no1)C1CCCNC1. The zero-order valence-corrected chi connectivity index (χ0v) is 12.0. The summed E-state index contributed by atoms with van der Waals surface area (Å²) in [5.74, 6) is 2.60.